The smallest absolute Gasteiger partial charge is 0.380 e. The monoisotopic (exact) mass is 409 g/mol. The highest BCUT2D eigenvalue weighted by atomic mass is 35.5. The van der Waals surface area contributed by atoms with Crippen LogP contribution in [0.5, 0.6) is 0 Å². The molecule has 2 saturated heterocycles. The average Bonchev–Trinajstić information content (AvgIpc) is 2.57. The summed E-state index contributed by atoms with van der Waals surface area (Å²) in [5, 5.41) is 0.119. The van der Waals surface area contributed by atoms with Gasteiger partial charge in [0.1, 0.15) is 0 Å². The van der Waals surface area contributed by atoms with Gasteiger partial charge in [-0.3, -0.25) is 4.79 Å². The summed E-state index contributed by atoms with van der Waals surface area (Å²) >= 11 is 6.01. The molecule has 2 aliphatic rings. The number of ether oxygens (including phenoxy) is 1. The molecule has 2 aromatic carbocycles. The highest BCUT2D eigenvalue weighted by Crippen LogP contribution is 2.38. The molecule has 0 radical (unpaired) electrons. The largest absolute Gasteiger partial charge is 0.416 e. The summed E-state index contributed by atoms with van der Waals surface area (Å²) in [6, 6.07) is 10.8. The minimum Gasteiger partial charge on any atom is -0.380 e. The number of aryl methyl sites for hydroxylation is 2. The molecule has 0 atom stereocenters. The number of rotatable bonds is 4. The lowest BCUT2D eigenvalue weighted by atomic mass is 9.78. The lowest BCUT2D eigenvalue weighted by Crippen LogP contribution is -2.67. The molecule has 2 aromatic rings. The highest BCUT2D eigenvalue weighted by Gasteiger charge is 2.50. The molecule has 0 bridgehead atoms. The highest BCUT2D eigenvalue weighted by molar-refractivity contribution is 6.31. The third kappa shape index (κ3) is 3.76. The molecule has 2 aliphatic heterocycles. The predicted octanol–water partition coefficient (Wildman–Crippen LogP) is 4.62. The first-order valence-electron chi connectivity index (χ1n) is 9.07. The van der Waals surface area contributed by atoms with E-state index in [0.29, 0.717) is 24.0 Å². The van der Waals surface area contributed by atoms with Gasteiger partial charge < -0.3 is 9.64 Å². The Kier molecular flexibility index (Phi) is 4.88. The van der Waals surface area contributed by atoms with Gasteiger partial charge in [0.15, 0.2) is 0 Å². The maximum absolute atomic E-state index is 12.7. The van der Waals surface area contributed by atoms with Crippen LogP contribution in [0.25, 0.3) is 0 Å². The summed E-state index contributed by atoms with van der Waals surface area (Å²) < 4.78 is 43.4. The third-order valence-electron chi connectivity index (χ3n) is 5.42. The number of amides is 1. The van der Waals surface area contributed by atoms with E-state index in [2.05, 4.69) is 0 Å². The summed E-state index contributed by atoms with van der Waals surface area (Å²) in [5.41, 5.74) is 1.76. The lowest BCUT2D eigenvalue weighted by Gasteiger charge is -2.54. The topological polar surface area (TPSA) is 29.5 Å². The van der Waals surface area contributed by atoms with Crippen LogP contribution < -0.4 is 0 Å². The summed E-state index contributed by atoms with van der Waals surface area (Å²) in [5.74, 6) is 0.0230. The Morgan fingerprint density at radius 3 is 2.29 bits per heavy atom. The van der Waals surface area contributed by atoms with Crippen LogP contribution in [0.2, 0.25) is 5.02 Å². The number of carbonyl (C=O) groups excluding carboxylic acids is 1. The number of hydrogen-bond donors (Lipinski definition) is 0. The van der Waals surface area contributed by atoms with E-state index >= 15 is 0 Å². The summed E-state index contributed by atoms with van der Waals surface area (Å²) in [6.45, 7) is 2.98. The quantitative estimate of drug-likeness (QED) is 0.737. The van der Waals surface area contributed by atoms with Gasteiger partial charge in [0, 0.05) is 23.7 Å². The zero-order valence-corrected chi connectivity index (χ0v) is 15.8. The van der Waals surface area contributed by atoms with Crippen LogP contribution in [-0.4, -0.2) is 37.1 Å². The molecular weight excluding hydrogens is 391 g/mol. The van der Waals surface area contributed by atoms with Crippen molar-refractivity contribution in [3.05, 3.63) is 69.7 Å². The molecule has 0 saturated carbocycles. The molecule has 1 spiro atoms. The van der Waals surface area contributed by atoms with Gasteiger partial charge >= 0.3 is 6.18 Å². The van der Waals surface area contributed by atoms with Gasteiger partial charge in [-0.15, -0.1) is 0 Å². The third-order valence-corrected chi connectivity index (χ3v) is 5.77. The van der Waals surface area contributed by atoms with Gasteiger partial charge in [0.05, 0.1) is 24.2 Å². The Hall–Kier alpha value is -2.05. The number of benzene rings is 2. The molecule has 3 nitrogen and oxygen atoms in total. The second kappa shape index (κ2) is 7.08. The number of halogens is 4. The van der Waals surface area contributed by atoms with Crippen LogP contribution in [0.15, 0.2) is 42.5 Å². The maximum atomic E-state index is 12.7. The van der Waals surface area contributed by atoms with Crippen molar-refractivity contribution in [3.8, 4) is 0 Å². The van der Waals surface area contributed by atoms with Crippen molar-refractivity contribution >= 4 is 17.5 Å². The van der Waals surface area contributed by atoms with Gasteiger partial charge in [0.2, 0.25) is 0 Å². The summed E-state index contributed by atoms with van der Waals surface area (Å²) in [4.78, 5) is 14.3. The first-order valence-corrected chi connectivity index (χ1v) is 9.45. The fourth-order valence-corrected chi connectivity index (χ4v) is 3.96. The predicted molar refractivity (Wildman–Crippen MR) is 99.5 cm³/mol. The molecular formula is C21H19ClF3NO2. The van der Waals surface area contributed by atoms with Crippen molar-refractivity contribution in [1.29, 1.82) is 0 Å². The van der Waals surface area contributed by atoms with Crippen molar-refractivity contribution in [3.63, 3.8) is 0 Å². The van der Waals surface area contributed by atoms with Crippen molar-refractivity contribution in [1.82, 2.24) is 4.90 Å². The normalized spacial score (nSPS) is 17.9. The second-order valence-corrected chi connectivity index (χ2v) is 8.06. The average molecular weight is 410 g/mol. The van der Waals surface area contributed by atoms with Crippen LogP contribution in [0, 0.1) is 5.41 Å². The van der Waals surface area contributed by atoms with E-state index in [-0.39, 0.29) is 16.3 Å². The van der Waals surface area contributed by atoms with Gasteiger partial charge in [-0.25, -0.2) is 0 Å². The molecule has 0 aromatic heterocycles. The van der Waals surface area contributed by atoms with Crippen molar-refractivity contribution in [2.75, 3.05) is 26.3 Å². The van der Waals surface area contributed by atoms with Crippen LogP contribution in [0.3, 0.4) is 0 Å². The van der Waals surface area contributed by atoms with E-state index in [9.17, 15) is 18.0 Å². The molecule has 1 amide bonds. The van der Waals surface area contributed by atoms with Crippen LogP contribution >= 0.6 is 11.6 Å². The molecule has 7 heteroatoms. The molecule has 28 heavy (non-hydrogen) atoms. The Balaban J connectivity index is 1.34. The Morgan fingerprint density at radius 1 is 1.07 bits per heavy atom. The zero-order valence-electron chi connectivity index (χ0n) is 15.1. The summed E-state index contributed by atoms with van der Waals surface area (Å²) in [6.07, 6.45) is -3.24. The van der Waals surface area contributed by atoms with Crippen LogP contribution in [-0.2, 0) is 23.8 Å². The van der Waals surface area contributed by atoms with E-state index in [1.54, 1.807) is 12.1 Å². The summed E-state index contributed by atoms with van der Waals surface area (Å²) in [7, 11) is 0. The molecule has 0 N–H and O–H groups in total. The van der Waals surface area contributed by atoms with E-state index < -0.39 is 11.7 Å². The van der Waals surface area contributed by atoms with E-state index in [4.69, 9.17) is 16.3 Å². The van der Waals surface area contributed by atoms with E-state index in [1.807, 2.05) is 17.0 Å². The van der Waals surface area contributed by atoms with E-state index in [1.165, 1.54) is 6.07 Å². The van der Waals surface area contributed by atoms with E-state index in [0.717, 1.165) is 44.0 Å². The fraction of sp³-hybridized carbons (Fsp3) is 0.381. The molecule has 0 aliphatic carbocycles. The van der Waals surface area contributed by atoms with Crippen LogP contribution in [0.4, 0.5) is 13.2 Å². The fourth-order valence-electron chi connectivity index (χ4n) is 3.68. The number of carbonyl (C=O) groups is 1. The first kappa shape index (κ1) is 19.3. The Morgan fingerprint density at radius 2 is 1.75 bits per heavy atom. The SMILES string of the molecule is O=C(c1ccc(CCc2ccc(C(F)(F)F)cc2Cl)cc1)N1CC2(COC2)C1. The zero-order chi connectivity index (χ0) is 19.9. The van der Waals surface area contributed by atoms with Crippen molar-refractivity contribution < 1.29 is 22.7 Å². The van der Waals surface area contributed by atoms with Crippen LogP contribution in [0.1, 0.15) is 27.0 Å². The van der Waals surface area contributed by atoms with Gasteiger partial charge in [-0.05, 0) is 48.2 Å². The number of hydrogen-bond acceptors (Lipinski definition) is 2. The Labute approximate surface area is 166 Å². The molecule has 2 fully saturated rings. The molecule has 2 heterocycles. The minimum atomic E-state index is -4.40. The van der Waals surface area contributed by atoms with Gasteiger partial charge in [-0.1, -0.05) is 29.8 Å². The van der Waals surface area contributed by atoms with Gasteiger partial charge in [-0.2, -0.15) is 13.2 Å². The lowest BCUT2D eigenvalue weighted by molar-refractivity contribution is -0.176. The number of alkyl halides is 3. The number of nitrogens with zero attached hydrogens (tertiary/aromatic N) is 1. The van der Waals surface area contributed by atoms with Crippen molar-refractivity contribution in [2.24, 2.45) is 5.41 Å². The molecule has 4 rings (SSSR count). The molecule has 148 valence electrons. The van der Waals surface area contributed by atoms with Crippen molar-refractivity contribution in [2.45, 2.75) is 19.0 Å². The molecule has 0 unspecified atom stereocenters. The second-order valence-electron chi connectivity index (χ2n) is 7.65. The number of likely N-dealkylation sites (tertiary alicyclic amines) is 1. The Bertz CT molecular complexity index is 884. The first-order chi connectivity index (χ1) is 13.3. The maximum Gasteiger partial charge on any atom is 0.416 e. The van der Waals surface area contributed by atoms with Gasteiger partial charge in [0.25, 0.3) is 5.91 Å². The minimum absolute atomic E-state index is 0.0230. The standard InChI is InChI=1S/C21H19ClF3NO2/c22-18-9-17(21(23,24)25)8-7-15(18)4-1-14-2-5-16(6-3-14)19(27)26-10-20(11-26)12-28-13-20/h2-3,5-9H,1,4,10-13H2.